The van der Waals surface area contributed by atoms with E-state index in [1.165, 1.54) is 17.3 Å². The molecule has 0 aliphatic carbocycles. The summed E-state index contributed by atoms with van der Waals surface area (Å²) >= 11 is 1.38. The molecule has 140 valence electrons. The molecule has 1 amide bonds. The number of aliphatic hydroxyl groups excluding tert-OH is 1. The number of benzene rings is 2. The zero-order valence-corrected chi connectivity index (χ0v) is 16.1. The van der Waals surface area contributed by atoms with E-state index < -0.39 is 0 Å². The van der Waals surface area contributed by atoms with Crippen LogP contribution in [0.25, 0.3) is 0 Å². The SMILES string of the molecule is Cc1ccc(CNC(=O)CSc2ncc(CO)n2Cc2ccccc2)cc1. The number of thioether (sulfide) groups is 1. The smallest absolute Gasteiger partial charge is 0.230 e. The minimum Gasteiger partial charge on any atom is -0.390 e. The molecular weight excluding hydrogens is 358 g/mol. The number of aliphatic hydroxyl groups is 1. The molecule has 0 aliphatic heterocycles. The first-order valence-electron chi connectivity index (χ1n) is 8.80. The van der Waals surface area contributed by atoms with Gasteiger partial charge in [0.05, 0.1) is 24.3 Å². The Labute approximate surface area is 163 Å². The summed E-state index contributed by atoms with van der Waals surface area (Å²) in [5, 5.41) is 13.2. The lowest BCUT2D eigenvalue weighted by Gasteiger charge is -2.11. The van der Waals surface area contributed by atoms with Gasteiger partial charge in [-0.1, -0.05) is 71.9 Å². The maximum atomic E-state index is 12.2. The lowest BCUT2D eigenvalue weighted by Crippen LogP contribution is -2.24. The standard InChI is InChI=1S/C21H23N3O2S/c1-16-7-9-17(10-8-16)11-22-20(26)15-27-21-23-12-19(14-25)24(21)13-18-5-3-2-4-6-18/h2-10,12,25H,11,13-15H2,1H3,(H,22,26). The molecule has 0 radical (unpaired) electrons. The molecule has 27 heavy (non-hydrogen) atoms. The maximum absolute atomic E-state index is 12.2. The number of hydrogen-bond acceptors (Lipinski definition) is 4. The average molecular weight is 382 g/mol. The highest BCUT2D eigenvalue weighted by Crippen LogP contribution is 2.20. The van der Waals surface area contributed by atoms with Crippen molar-refractivity contribution in [3.05, 3.63) is 83.2 Å². The van der Waals surface area contributed by atoms with Crippen LogP contribution < -0.4 is 5.32 Å². The fraction of sp³-hybridized carbons (Fsp3) is 0.238. The number of nitrogens with one attached hydrogen (secondary N) is 1. The zero-order chi connectivity index (χ0) is 19.1. The number of hydrogen-bond donors (Lipinski definition) is 2. The number of aromatic nitrogens is 2. The van der Waals surface area contributed by atoms with Gasteiger partial charge in [-0.05, 0) is 18.1 Å². The molecule has 1 heterocycles. The predicted octanol–water partition coefficient (Wildman–Crippen LogP) is 3.14. The fourth-order valence-corrected chi connectivity index (χ4v) is 3.48. The Kier molecular flexibility index (Phi) is 6.68. The van der Waals surface area contributed by atoms with Crippen LogP contribution in [0.15, 0.2) is 66.0 Å². The van der Waals surface area contributed by atoms with Gasteiger partial charge >= 0.3 is 0 Å². The third-order valence-electron chi connectivity index (χ3n) is 4.19. The van der Waals surface area contributed by atoms with Crippen LogP contribution in [-0.2, 0) is 24.5 Å². The van der Waals surface area contributed by atoms with Crippen LogP contribution in [0.4, 0.5) is 0 Å². The van der Waals surface area contributed by atoms with Crippen molar-refractivity contribution < 1.29 is 9.90 Å². The minimum absolute atomic E-state index is 0.0413. The van der Waals surface area contributed by atoms with Gasteiger partial charge in [-0.15, -0.1) is 0 Å². The summed E-state index contributed by atoms with van der Waals surface area (Å²) in [7, 11) is 0. The summed E-state index contributed by atoms with van der Waals surface area (Å²) in [6, 6.07) is 18.1. The molecule has 3 aromatic rings. The Bertz CT molecular complexity index is 876. The Morgan fingerprint density at radius 3 is 2.56 bits per heavy atom. The number of carbonyl (C=O) groups is 1. The van der Waals surface area contributed by atoms with E-state index in [2.05, 4.69) is 10.3 Å². The molecule has 0 aliphatic rings. The van der Waals surface area contributed by atoms with Crippen LogP contribution in [0.3, 0.4) is 0 Å². The van der Waals surface area contributed by atoms with E-state index in [1.54, 1.807) is 6.20 Å². The largest absolute Gasteiger partial charge is 0.390 e. The van der Waals surface area contributed by atoms with Gasteiger partial charge in [0.2, 0.25) is 5.91 Å². The Morgan fingerprint density at radius 2 is 1.85 bits per heavy atom. The van der Waals surface area contributed by atoms with Crippen LogP contribution in [-0.4, -0.2) is 26.3 Å². The van der Waals surface area contributed by atoms with Crippen molar-refractivity contribution in [2.75, 3.05) is 5.75 Å². The van der Waals surface area contributed by atoms with Crippen molar-refractivity contribution in [1.82, 2.24) is 14.9 Å². The summed E-state index contributed by atoms with van der Waals surface area (Å²) in [4.78, 5) is 16.6. The fourth-order valence-electron chi connectivity index (χ4n) is 2.66. The molecule has 0 unspecified atom stereocenters. The first kappa shape index (κ1) is 19.2. The van der Waals surface area contributed by atoms with Crippen LogP contribution in [0, 0.1) is 6.92 Å². The molecule has 0 atom stereocenters. The molecule has 0 fully saturated rings. The van der Waals surface area contributed by atoms with Crippen molar-refractivity contribution in [1.29, 1.82) is 0 Å². The Morgan fingerprint density at radius 1 is 1.11 bits per heavy atom. The first-order valence-corrected chi connectivity index (χ1v) is 9.78. The summed E-state index contributed by atoms with van der Waals surface area (Å²) in [5.74, 6) is 0.239. The van der Waals surface area contributed by atoms with Crippen LogP contribution in [0.1, 0.15) is 22.4 Å². The van der Waals surface area contributed by atoms with E-state index in [9.17, 15) is 9.90 Å². The molecule has 0 saturated carbocycles. The maximum Gasteiger partial charge on any atom is 0.230 e. The number of carbonyl (C=O) groups excluding carboxylic acids is 1. The second kappa shape index (κ2) is 9.39. The molecule has 0 spiro atoms. The van der Waals surface area contributed by atoms with Crippen molar-refractivity contribution in [2.45, 2.75) is 31.8 Å². The predicted molar refractivity (Wildman–Crippen MR) is 107 cm³/mol. The number of nitrogens with zero attached hydrogens (tertiary/aromatic N) is 2. The summed E-state index contributed by atoms with van der Waals surface area (Å²) < 4.78 is 1.95. The van der Waals surface area contributed by atoms with E-state index >= 15 is 0 Å². The molecular formula is C21H23N3O2S. The van der Waals surface area contributed by atoms with Crippen molar-refractivity contribution in [2.24, 2.45) is 0 Å². The van der Waals surface area contributed by atoms with Crippen LogP contribution >= 0.6 is 11.8 Å². The van der Waals surface area contributed by atoms with Gasteiger partial charge in [0.25, 0.3) is 0 Å². The quantitative estimate of drug-likeness (QED) is 0.588. The van der Waals surface area contributed by atoms with E-state index in [-0.39, 0.29) is 18.3 Å². The molecule has 2 aromatic carbocycles. The van der Waals surface area contributed by atoms with Crippen molar-refractivity contribution >= 4 is 17.7 Å². The lowest BCUT2D eigenvalue weighted by molar-refractivity contribution is -0.118. The highest BCUT2D eigenvalue weighted by Gasteiger charge is 2.12. The number of rotatable bonds is 8. The van der Waals surface area contributed by atoms with Gasteiger partial charge < -0.3 is 15.0 Å². The van der Waals surface area contributed by atoms with E-state index in [0.29, 0.717) is 13.1 Å². The molecule has 3 rings (SSSR count). The lowest BCUT2D eigenvalue weighted by atomic mass is 10.1. The third kappa shape index (κ3) is 5.45. The van der Waals surface area contributed by atoms with E-state index in [4.69, 9.17) is 0 Å². The highest BCUT2D eigenvalue weighted by atomic mass is 32.2. The normalized spacial score (nSPS) is 10.7. The minimum atomic E-state index is -0.0833. The molecule has 1 aromatic heterocycles. The zero-order valence-electron chi connectivity index (χ0n) is 15.3. The van der Waals surface area contributed by atoms with Crippen molar-refractivity contribution in [3.63, 3.8) is 0 Å². The van der Waals surface area contributed by atoms with E-state index in [0.717, 1.165) is 22.0 Å². The Hall–Kier alpha value is -2.57. The van der Waals surface area contributed by atoms with Gasteiger partial charge in [-0.3, -0.25) is 4.79 Å². The third-order valence-corrected chi connectivity index (χ3v) is 5.18. The van der Waals surface area contributed by atoms with Gasteiger partial charge in [-0.2, -0.15) is 0 Å². The molecule has 6 heteroatoms. The Balaban J connectivity index is 1.57. The van der Waals surface area contributed by atoms with Crippen molar-refractivity contribution in [3.8, 4) is 0 Å². The van der Waals surface area contributed by atoms with Gasteiger partial charge in [0.1, 0.15) is 0 Å². The summed E-state index contributed by atoms with van der Waals surface area (Å²) in [6.07, 6.45) is 1.66. The number of amides is 1. The van der Waals surface area contributed by atoms with Crippen LogP contribution in [0.5, 0.6) is 0 Å². The monoisotopic (exact) mass is 381 g/mol. The summed E-state index contributed by atoms with van der Waals surface area (Å²) in [5.41, 5.74) is 4.13. The number of imidazole rings is 1. The molecule has 5 nitrogen and oxygen atoms in total. The first-order chi connectivity index (χ1) is 13.2. The van der Waals surface area contributed by atoms with Gasteiger partial charge in [-0.25, -0.2) is 4.98 Å². The molecule has 0 saturated heterocycles. The average Bonchev–Trinajstić information content (AvgIpc) is 3.08. The topological polar surface area (TPSA) is 67.2 Å². The summed E-state index contributed by atoms with van der Waals surface area (Å²) in [6.45, 7) is 3.08. The van der Waals surface area contributed by atoms with Gasteiger partial charge in [0.15, 0.2) is 5.16 Å². The highest BCUT2D eigenvalue weighted by molar-refractivity contribution is 7.99. The van der Waals surface area contributed by atoms with E-state index in [1.807, 2.05) is 66.1 Å². The second-order valence-corrected chi connectivity index (χ2v) is 7.26. The van der Waals surface area contributed by atoms with Gasteiger partial charge in [0, 0.05) is 13.1 Å². The molecule has 2 N–H and O–H groups in total. The van der Waals surface area contributed by atoms with Crippen LogP contribution in [0.2, 0.25) is 0 Å². The molecule has 0 bridgehead atoms. The number of aryl methyl sites for hydroxylation is 1. The second-order valence-electron chi connectivity index (χ2n) is 6.31.